The Balaban J connectivity index is 2.02. The second-order valence-electron chi connectivity index (χ2n) is 3.38. The summed E-state index contributed by atoms with van der Waals surface area (Å²) >= 11 is 0. The molecule has 3 N–H and O–H groups in total. The summed E-state index contributed by atoms with van der Waals surface area (Å²) in [6.07, 6.45) is 1.50. The predicted molar refractivity (Wildman–Crippen MR) is 62.7 cm³/mol. The number of hydrogen-bond acceptors (Lipinski definition) is 6. The Hall–Kier alpha value is -2.77. The Kier molecular flexibility index (Phi) is 3.28. The quantitative estimate of drug-likeness (QED) is 0.636. The number of nitrogens with zero attached hydrogens (tertiary/aromatic N) is 3. The Morgan fingerprint density at radius 2 is 2.17 bits per heavy atom. The number of nitrogens with one attached hydrogen (secondary N) is 3. The monoisotopic (exact) mass is 246 g/mol. The zero-order valence-corrected chi connectivity index (χ0v) is 9.47. The lowest BCUT2D eigenvalue weighted by Gasteiger charge is -2.05. The van der Waals surface area contributed by atoms with E-state index in [-0.39, 0.29) is 22.9 Å². The van der Waals surface area contributed by atoms with Gasteiger partial charge in [0.15, 0.2) is 0 Å². The normalized spacial score (nSPS) is 9.83. The lowest BCUT2D eigenvalue weighted by atomic mass is 10.3. The number of hydrogen-bond donors (Lipinski definition) is 3. The van der Waals surface area contributed by atoms with E-state index in [2.05, 4.69) is 31.0 Å². The van der Waals surface area contributed by atoms with Crippen molar-refractivity contribution in [2.24, 2.45) is 0 Å². The van der Waals surface area contributed by atoms with Gasteiger partial charge in [0, 0.05) is 6.20 Å². The van der Waals surface area contributed by atoms with Crippen molar-refractivity contribution in [3.05, 3.63) is 46.1 Å². The molecule has 0 aromatic carbocycles. The van der Waals surface area contributed by atoms with Crippen LogP contribution in [0, 0.1) is 6.92 Å². The summed E-state index contributed by atoms with van der Waals surface area (Å²) in [5, 5.41) is 7.26. The van der Waals surface area contributed by atoms with Gasteiger partial charge in [-0.1, -0.05) is 6.07 Å². The minimum absolute atomic E-state index is 0.0508. The van der Waals surface area contributed by atoms with Gasteiger partial charge in [-0.05, 0) is 19.1 Å². The SMILES string of the molecule is Cc1nnc(NNC(=O)c2ccccn2)[nH]c1=O. The molecule has 92 valence electrons. The highest BCUT2D eigenvalue weighted by atomic mass is 16.2. The summed E-state index contributed by atoms with van der Waals surface area (Å²) in [6.45, 7) is 1.53. The summed E-state index contributed by atoms with van der Waals surface area (Å²) in [5.74, 6) is -0.395. The third-order valence-corrected chi connectivity index (χ3v) is 2.05. The van der Waals surface area contributed by atoms with Gasteiger partial charge >= 0.3 is 0 Å². The Labute approximate surface area is 101 Å². The van der Waals surface area contributed by atoms with Gasteiger partial charge in [-0.2, -0.15) is 0 Å². The highest BCUT2D eigenvalue weighted by Crippen LogP contribution is 1.93. The minimum atomic E-state index is -0.446. The number of aryl methyl sites for hydroxylation is 1. The maximum atomic E-state index is 11.6. The van der Waals surface area contributed by atoms with Crippen LogP contribution < -0.4 is 16.4 Å². The molecule has 1 amide bonds. The zero-order valence-electron chi connectivity index (χ0n) is 9.47. The van der Waals surface area contributed by atoms with Crippen LogP contribution in [0.25, 0.3) is 0 Å². The molecular weight excluding hydrogens is 236 g/mol. The maximum absolute atomic E-state index is 11.6. The van der Waals surface area contributed by atoms with Crippen LogP contribution in [-0.4, -0.2) is 26.1 Å². The molecule has 0 saturated heterocycles. The fourth-order valence-electron chi connectivity index (χ4n) is 1.13. The van der Waals surface area contributed by atoms with Gasteiger partial charge in [0.05, 0.1) is 0 Å². The average molecular weight is 246 g/mol. The van der Waals surface area contributed by atoms with E-state index in [1.54, 1.807) is 18.2 Å². The average Bonchev–Trinajstić information content (AvgIpc) is 2.41. The second kappa shape index (κ2) is 5.04. The van der Waals surface area contributed by atoms with Crippen molar-refractivity contribution in [2.45, 2.75) is 6.92 Å². The fraction of sp³-hybridized carbons (Fsp3) is 0.100. The number of anilines is 1. The summed E-state index contributed by atoms with van der Waals surface area (Å²) < 4.78 is 0. The van der Waals surface area contributed by atoms with Crippen molar-refractivity contribution in [3.63, 3.8) is 0 Å². The number of H-pyrrole nitrogens is 1. The smallest absolute Gasteiger partial charge is 0.288 e. The molecule has 0 bridgehead atoms. The van der Waals surface area contributed by atoms with E-state index in [0.717, 1.165) is 0 Å². The molecule has 2 aromatic rings. The van der Waals surface area contributed by atoms with Gasteiger partial charge < -0.3 is 0 Å². The number of hydrazine groups is 1. The van der Waals surface area contributed by atoms with Crippen LogP contribution in [0.5, 0.6) is 0 Å². The molecule has 8 nitrogen and oxygen atoms in total. The number of carbonyl (C=O) groups is 1. The van der Waals surface area contributed by atoms with Crippen LogP contribution in [-0.2, 0) is 0 Å². The van der Waals surface area contributed by atoms with Crippen LogP contribution in [0.1, 0.15) is 16.2 Å². The van der Waals surface area contributed by atoms with Crippen LogP contribution >= 0.6 is 0 Å². The highest BCUT2D eigenvalue weighted by Gasteiger charge is 2.06. The highest BCUT2D eigenvalue weighted by molar-refractivity contribution is 5.92. The van der Waals surface area contributed by atoms with Crippen molar-refractivity contribution < 1.29 is 4.79 Å². The first kappa shape index (κ1) is 11.7. The van der Waals surface area contributed by atoms with E-state index < -0.39 is 5.91 Å². The van der Waals surface area contributed by atoms with Gasteiger partial charge in [-0.15, -0.1) is 10.2 Å². The topological polar surface area (TPSA) is 113 Å². The fourth-order valence-corrected chi connectivity index (χ4v) is 1.13. The molecule has 2 rings (SSSR count). The predicted octanol–water partition coefficient (Wildman–Crippen LogP) is -0.375. The number of rotatable bonds is 3. The number of aromatic amines is 1. The molecule has 8 heteroatoms. The Morgan fingerprint density at radius 1 is 1.33 bits per heavy atom. The van der Waals surface area contributed by atoms with E-state index in [0.29, 0.717) is 0 Å². The minimum Gasteiger partial charge on any atom is -0.288 e. The second-order valence-corrected chi connectivity index (χ2v) is 3.38. The zero-order chi connectivity index (χ0) is 13.0. The molecule has 2 heterocycles. The summed E-state index contributed by atoms with van der Waals surface area (Å²) in [4.78, 5) is 29.1. The Morgan fingerprint density at radius 3 is 2.83 bits per heavy atom. The molecule has 0 aliphatic heterocycles. The van der Waals surface area contributed by atoms with Crippen LogP contribution in [0.3, 0.4) is 0 Å². The van der Waals surface area contributed by atoms with Crippen molar-refractivity contribution in [1.29, 1.82) is 0 Å². The van der Waals surface area contributed by atoms with Crippen molar-refractivity contribution in [2.75, 3.05) is 5.43 Å². The molecule has 0 radical (unpaired) electrons. The van der Waals surface area contributed by atoms with Crippen LogP contribution in [0.4, 0.5) is 5.95 Å². The van der Waals surface area contributed by atoms with E-state index in [4.69, 9.17) is 0 Å². The van der Waals surface area contributed by atoms with Gasteiger partial charge in [-0.3, -0.25) is 30.4 Å². The summed E-state index contributed by atoms with van der Waals surface area (Å²) in [7, 11) is 0. The van der Waals surface area contributed by atoms with Crippen molar-refractivity contribution in [3.8, 4) is 0 Å². The molecule has 0 atom stereocenters. The number of aromatic nitrogens is 4. The molecule has 0 saturated carbocycles. The largest absolute Gasteiger partial charge is 0.288 e. The molecule has 2 aromatic heterocycles. The maximum Gasteiger partial charge on any atom is 0.288 e. The first-order chi connectivity index (χ1) is 8.66. The first-order valence-electron chi connectivity index (χ1n) is 5.08. The van der Waals surface area contributed by atoms with Crippen molar-refractivity contribution in [1.82, 2.24) is 25.6 Å². The molecule has 0 aliphatic rings. The van der Waals surface area contributed by atoms with E-state index in [9.17, 15) is 9.59 Å². The molecule has 0 aliphatic carbocycles. The standard InChI is InChI=1S/C10H10N6O2/c1-6-8(17)12-10(15-13-6)16-14-9(18)7-4-2-3-5-11-7/h2-5H,1H3,(H,14,18)(H2,12,15,16,17). The molecule has 0 spiro atoms. The Bertz CT molecular complexity index is 609. The molecule has 0 fully saturated rings. The molecule has 18 heavy (non-hydrogen) atoms. The van der Waals surface area contributed by atoms with Crippen LogP contribution in [0.2, 0.25) is 0 Å². The van der Waals surface area contributed by atoms with Gasteiger partial charge in [0.25, 0.3) is 11.5 Å². The molecule has 0 unspecified atom stereocenters. The van der Waals surface area contributed by atoms with Gasteiger partial charge in [0.2, 0.25) is 5.95 Å². The summed E-state index contributed by atoms with van der Waals surface area (Å²) in [6, 6.07) is 4.95. The lowest BCUT2D eigenvalue weighted by molar-refractivity contribution is 0.0957. The summed E-state index contributed by atoms with van der Waals surface area (Å²) in [5.41, 5.74) is 4.89. The third kappa shape index (κ3) is 2.67. The third-order valence-electron chi connectivity index (χ3n) is 2.05. The number of pyridine rings is 1. The lowest BCUT2D eigenvalue weighted by Crippen LogP contribution is -2.32. The van der Waals surface area contributed by atoms with Crippen molar-refractivity contribution >= 4 is 11.9 Å². The number of amides is 1. The van der Waals surface area contributed by atoms with E-state index in [1.807, 2.05) is 0 Å². The number of carbonyl (C=O) groups excluding carboxylic acids is 1. The van der Waals surface area contributed by atoms with Crippen LogP contribution in [0.15, 0.2) is 29.2 Å². The first-order valence-corrected chi connectivity index (χ1v) is 5.08. The van der Waals surface area contributed by atoms with E-state index >= 15 is 0 Å². The van der Waals surface area contributed by atoms with E-state index in [1.165, 1.54) is 13.1 Å². The van der Waals surface area contributed by atoms with Gasteiger partial charge in [0.1, 0.15) is 11.4 Å². The molecular formula is C10H10N6O2. The van der Waals surface area contributed by atoms with Gasteiger partial charge in [-0.25, -0.2) is 0 Å².